The molecule has 0 radical (unpaired) electrons. The molecule has 1 amide bonds. The van der Waals surface area contributed by atoms with E-state index in [1.165, 1.54) is 0 Å². The van der Waals surface area contributed by atoms with Crippen molar-refractivity contribution in [2.45, 2.75) is 13.0 Å². The third-order valence-electron chi connectivity index (χ3n) is 3.30. The summed E-state index contributed by atoms with van der Waals surface area (Å²) in [6, 6.07) is 11.2. The molecule has 102 valence electrons. The minimum atomic E-state index is -0.564. The van der Waals surface area contributed by atoms with Gasteiger partial charge in [-0.15, -0.1) is 0 Å². The lowest BCUT2D eigenvalue weighted by molar-refractivity contribution is -0.115. The maximum atomic E-state index is 11.8. The van der Waals surface area contributed by atoms with E-state index < -0.39 is 6.10 Å². The summed E-state index contributed by atoms with van der Waals surface area (Å²) in [5, 5.41) is 12.5. The highest BCUT2D eigenvalue weighted by Gasteiger charge is 2.23. The van der Waals surface area contributed by atoms with Crippen LogP contribution in [0.2, 0.25) is 0 Å². The minimum absolute atomic E-state index is 0.0760. The first-order chi connectivity index (χ1) is 9.65. The molecule has 2 heterocycles. The molecule has 0 fully saturated rings. The smallest absolute Gasteiger partial charge is 0.244 e. The fourth-order valence-electron chi connectivity index (χ4n) is 2.28. The van der Waals surface area contributed by atoms with Gasteiger partial charge in [0.25, 0.3) is 0 Å². The van der Waals surface area contributed by atoms with Crippen molar-refractivity contribution in [3.63, 3.8) is 0 Å². The number of nitrogens with zero attached hydrogens (tertiary/aromatic N) is 2. The average molecular weight is 269 g/mol. The number of hydrogen-bond acceptors (Lipinski definition) is 4. The summed E-state index contributed by atoms with van der Waals surface area (Å²) in [5.74, 6) is 0.582. The Morgan fingerprint density at radius 2 is 2.15 bits per heavy atom. The molecule has 1 aliphatic heterocycles. The van der Waals surface area contributed by atoms with Crippen molar-refractivity contribution in [1.29, 1.82) is 0 Å². The van der Waals surface area contributed by atoms with E-state index in [4.69, 9.17) is 0 Å². The maximum Gasteiger partial charge on any atom is 0.244 e. The quantitative estimate of drug-likeness (QED) is 0.877. The monoisotopic (exact) mass is 269 g/mol. The SMILES string of the molecule is C[C@@H](O)c1ccnc(N2CC(=O)Nc3ccccc32)c1. The van der Waals surface area contributed by atoms with Crippen LogP contribution in [-0.4, -0.2) is 22.5 Å². The highest BCUT2D eigenvalue weighted by atomic mass is 16.3. The van der Waals surface area contributed by atoms with Crippen molar-refractivity contribution < 1.29 is 9.90 Å². The van der Waals surface area contributed by atoms with Crippen molar-refractivity contribution in [3.8, 4) is 0 Å². The summed E-state index contributed by atoms with van der Waals surface area (Å²) in [6.07, 6.45) is 1.08. The molecule has 0 aliphatic carbocycles. The molecule has 0 spiro atoms. The Morgan fingerprint density at radius 1 is 1.35 bits per heavy atom. The fourth-order valence-corrected chi connectivity index (χ4v) is 2.28. The molecule has 1 aliphatic rings. The second kappa shape index (κ2) is 4.94. The van der Waals surface area contributed by atoms with Crippen LogP contribution in [0.25, 0.3) is 0 Å². The molecule has 2 aromatic rings. The third kappa shape index (κ3) is 2.23. The Bertz CT molecular complexity index is 655. The van der Waals surface area contributed by atoms with Gasteiger partial charge in [-0.1, -0.05) is 12.1 Å². The number of nitrogens with one attached hydrogen (secondary N) is 1. The van der Waals surface area contributed by atoms with E-state index in [1.807, 2.05) is 29.2 Å². The Hall–Kier alpha value is -2.40. The van der Waals surface area contributed by atoms with Gasteiger partial charge in [-0.2, -0.15) is 0 Å². The molecule has 0 saturated heterocycles. The van der Waals surface area contributed by atoms with Gasteiger partial charge in [-0.05, 0) is 36.8 Å². The lowest BCUT2D eigenvalue weighted by atomic mass is 10.1. The van der Waals surface area contributed by atoms with Crippen LogP contribution in [0.5, 0.6) is 0 Å². The predicted octanol–water partition coefficient (Wildman–Crippen LogP) is 2.23. The summed E-state index contributed by atoms with van der Waals surface area (Å²) >= 11 is 0. The zero-order chi connectivity index (χ0) is 14.1. The van der Waals surface area contributed by atoms with Gasteiger partial charge >= 0.3 is 0 Å². The number of carbonyl (C=O) groups excluding carboxylic acids is 1. The molecule has 1 aromatic carbocycles. The summed E-state index contributed by atoms with van der Waals surface area (Å²) in [6.45, 7) is 1.92. The lowest BCUT2D eigenvalue weighted by Gasteiger charge is -2.30. The van der Waals surface area contributed by atoms with E-state index in [-0.39, 0.29) is 12.5 Å². The molecule has 0 bridgehead atoms. The summed E-state index contributed by atoms with van der Waals surface area (Å²) in [4.78, 5) is 18.0. The Labute approximate surface area is 116 Å². The number of amides is 1. The number of pyridine rings is 1. The number of anilines is 3. The van der Waals surface area contributed by atoms with Gasteiger partial charge in [0.1, 0.15) is 12.4 Å². The summed E-state index contributed by atoms with van der Waals surface area (Å²) in [5.41, 5.74) is 2.45. The standard InChI is InChI=1S/C15H15N3O2/c1-10(19)11-6-7-16-14(8-11)18-9-15(20)17-12-4-2-3-5-13(12)18/h2-8,10,19H,9H2,1H3,(H,17,20)/t10-/m1/s1. The average Bonchev–Trinajstić information content (AvgIpc) is 2.46. The van der Waals surface area contributed by atoms with Crippen LogP contribution in [0.4, 0.5) is 17.2 Å². The normalized spacial score (nSPS) is 15.5. The third-order valence-corrected chi connectivity index (χ3v) is 3.30. The topological polar surface area (TPSA) is 65.5 Å². The van der Waals surface area contributed by atoms with E-state index in [0.29, 0.717) is 5.82 Å². The number of hydrogen-bond donors (Lipinski definition) is 2. The molecule has 1 atom stereocenters. The Balaban J connectivity index is 2.06. The van der Waals surface area contributed by atoms with Gasteiger partial charge in [0.15, 0.2) is 0 Å². The first-order valence-corrected chi connectivity index (χ1v) is 6.45. The van der Waals surface area contributed by atoms with Crippen LogP contribution in [0.3, 0.4) is 0 Å². The van der Waals surface area contributed by atoms with Crippen LogP contribution < -0.4 is 10.2 Å². The largest absolute Gasteiger partial charge is 0.389 e. The zero-order valence-corrected chi connectivity index (χ0v) is 11.1. The maximum absolute atomic E-state index is 11.8. The number of carbonyl (C=O) groups is 1. The lowest BCUT2D eigenvalue weighted by Crippen LogP contribution is -2.35. The molecular formula is C15H15N3O2. The number of aliphatic hydroxyl groups excluding tert-OH is 1. The fraction of sp³-hybridized carbons (Fsp3) is 0.200. The second-order valence-electron chi connectivity index (χ2n) is 4.77. The first kappa shape index (κ1) is 12.6. The first-order valence-electron chi connectivity index (χ1n) is 6.45. The summed E-state index contributed by atoms with van der Waals surface area (Å²) < 4.78 is 0. The van der Waals surface area contributed by atoms with Gasteiger partial charge in [-0.3, -0.25) is 4.79 Å². The van der Waals surface area contributed by atoms with Crippen LogP contribution in [0.15, 0.2) is 42.6 Å². The highest BCUT2D eigenvalue weighted by Crippen LogP contribution is 2.34. The van der Waals surface area contributed by atoms with Gasteiger partial charge in [0.2, 0.25) is 5.91 Å². The van der Waals surface area contributed by atoms with Crippen molar-refractivity contribution >= 4 is 23.1 Å². The van der Waals surface area contributed by atoms with Crippen LogP contribution in [0.1, 0.15) is 18.6 Å². The van der Waals surface area contributed by atoms with E-state index in [0.717, 1.165) is 16.9 Å². The van der Waals surface area contributed by atoms with E-state index in [2.05, 4.69) is 10.3 Å². The molecule has 5 heteroatoms. The van der Waals surface area contributed by atoms with Crippen LogP contribution in [0, 0.1) is 0 Å². The molecule has 3 rings (SSSR count). The summed E-state index contributed by atoms with van der Waals surface area (Å²) in [7, 11) is 0. The molecule has 0 saturated carbocycles. The number of rotatable bonds is 2. The van der Waals surface area contributed by atoms with E-state index >= 15 is 0 Å². The Kier molecular flexibility index (Phi) is 3.12. The Morgan fingerprint density at radius 3 is 2.95 bits per heavy atom. The van der Waals surface area contributed by atoms with Crippen molar-refractivity contribution in [1.82, 2.24) is 4.98 Å². The van der Waals surface area contributed by atoms with Crippen LogP contribution in [-0.2, 0) is 4.79 Å². The zero-order valence-electron chi connectivity index (χ0n) is 11.1. The van der Waals surface area contributed by atoms with E-state index in [1.54, 1.807) is 25.3 Å². The molecule has 0 unspecified atom stereocenters. The molecule has 1 aromatic heterocycles. The minimum Gasteiger partial charge on any atom is -0.389 e. The molecule has 20 heavy (non-hydrogen) atoms. The molecule has 2 N–H and O–H groups in total. The van der Waals surface area contributed by atoms with E-state index in [9.17, 15) is 9.90 Å². The molecule has 5 nitrogen and oxygen atoms in total. The van der Waals surface area contributed by atoms with Crippen molar-refractivity contribution in [2.24, 2.45) is 0 Å². The van der Waals surface area contributed by atoms with Crippen molar-refractivity contribution in [2.75, 3.05) is 16.8 Å². The number of fused-ring (bicyclic) bond motifs is 1. The van der Waals surface area contributed by atoms with Gasteiger partial charge in [0, 0.05) is 6.20 Å². The van der Waals surface area contributed by atoms with Crippen molar-refractivity contribution in [3.05, 3.63) is 48.2 Å². The highest BCUT2D eigenvalue weighted by molar-refractivity contribution is 6.02. The number of aromatic nitrogens is 1. The van der Waals surface area contributed by atoms with Crippen LogP contribution >= 0.6 is 0 Å². The van der Waals surface area contributed by atoms with Gasteiger partial charge < -0.3 is 15.3 Å². The number of benzene rings is 1. The number of para-hydroxylation sites is 2. The van der Waals surface area contributed by atoms with Gasteiger partial charge in [-0.25, -0.2) is 4.98 Å². The van der Waals surface area contributed by atoms with Gasteiger partial charge in [0.05, 0.1) is 17.5 Å². The second-order valence-corrected chi connectivity index (χ2v) is 4.77. The predicted molar refractivity (Wildman–Crippen MR) is 76.9 cm³/mol. The molecular weight excluding hydrogens is 254 g/mol. The number of aliphatic hydroxyl groups is 1.